The van der Waals surface area contributed by atoms with Crippen LogP contribution in [0.25, 0.3) is 0 Å². The van der Waals surface area contributed by atoms with E-state index in [4.69, 9.17) is 0 Å². The van der Waals surface area contributed by atoms with Gasteiger partial charge in [0.25, 0.3) is 0 Å². The zero-order valence-electron chi connectivity index (χ0n) is 13.1. The molecule has 0 aliphatic carbocycles. The van der Waals surface area contributed by atoms with Gasteiger partial charge in [-0.25, -0.2) is 0 Å². The van der Waals surface area contributed by atoms with Crippen LogP contribution in [-0.2, 0) is 4.79 Å². The largest absolute Gasteiger partial charge is 0.356 e. The Morgan fingerprint density at radius 3 is 2.40 bits per heavy atom. The maximum atomic E-state index is 10.7. The van der Waals surface area contributed by atoms with Crippen molar-refractivity contribution in [2.75, 3.05) is 32.7 Å². The standard InChI is InChI=1S/C10H18N2O.C6H13N/c1-9(13)11-6-4-10-3-2-7-12(10)8-5-10;1-2-4-6-7-5-3-1/h2-8H2,1H3,(H,11,13);7H,1-6H2/p+1. The number of fused-ring (bicyclic) bond motifs is 1. The number of carbonyl (C=O) groups is 1. The summed E-state index contributed by atoms with van der Waals surface area (Å²) in [6.45, 7) is 7.69. The van der Waals surface area contributed by atoms with Crippen LogP contribution in [0.4, 0.5) is 0 Å². The monoisotopic (exact) mass is 282 g/mol. The van der Waals surface area contributed by atoms with E-state index in [1.54, 1.807) is 11.8 Å². The summed E-state index contributed by atoms with van der Waals surface area (Å²) in [6, 6.07) is 0. The summed E-state index contributed by atoms with van der Waals surface area (Å²) >= 11 is 0. The smallest absolute Gasteiger partial charge is 0.216 e. The van der Waals surface area contributed by atoms with E-state index < -0.39 is 0 Å². The zero-order chi connectivity index (χ0) is 14.3. The van der Waals surface area contributed by atoms with Crippen LogP contribution in [-0.4, -0.2) is 44.2 Å². The molecule has 3 aliphatic heterocycles. The molecule has 3 saturated heterocycles. The van der Waals surface area contributed by atoms with Crippen LogP contribution in [0, 0.1) is 0 Å². The van der Waals surface area contributed by atoms with Crippen molar-refractivity contribution in [2.45, 2.75) is 63.8 Å². The SMILES string of the molecule is C1CCCNCC1.CC(=O)NCCC12CCC[NH+]1CC2. The topological polar surface area (TPSA) is 45.6 Å². The molecule has 0 bridgehead atoms. The van der Waals surface area contributed by atoms with Crippen molar-refractivity contribution < 1.29 is 9.69 Å². The van der Waals surface area contributed by atoms with Crippen molar-refractivity contribution in [1.82, 2.24) is 10.6 Å². The first-order chi connectivity index (χ1) is 9.73. The van der Waals surface area contributed by atoms with Gasteiger partial charge in [-0.15, -0.1) is 0 Å². The Morgan fingerprint density at radius 2 is 1.85 bits per heavy atom. The first-order valence-corrected chi connectivity index (χ1v) is 8.53. The third-order valence-corrected chi connectivity index (χ3v) is 5.22. The molecule has 2 atom stereocenters. The fourth-order valence-corrected chi connectivity index (χ4v) is 3.87. The van der Waals surface area contributed by atoms with Gasteiger partial charge in [0.05, 0.1) is 19.5 Å². The highest BCUT2D eigenvalue weighted by atomic mass is 16.1. The van der Waals surface area contributed by atoms with E-state index >= 15 is 0 Å². The van der Waals surface area contributed by atoms with Crippen LogP contribution in [0.1, 0.15) is 58.3 Å². The first-order valence-electron chi connectivity index (χ1n) is 8.53. The molecule has 3 heterocycles. The molecule has 0 aromatic heterocycles. The molecule has 4 heteroatoms. The highest BCUT2D eigenvalue weighted by molar-refractivity contribution is 5.72. The molecule has 3 fully saturated rings. The third-order valence-electron chi connectivity index (χ3n) is 5.22. The van der Waals surface area contributed by atoms with Crippen molar-refractivity contribution in [3.63, 3.8) is 0 Å². The second-order valence-corrected chi connectivity index (χ2v) is 6.63. The average Bonchev–Trinajstić information content (AvgIpc) is 2.66. The molecule has 0 aromatic rings. The summed E-state index contributed by atoms with van der Waals surface area (Å²) in [7, 11) is 0. The lowest BCUT2D eigenvalue weighted by Crippen LogP contribution is -3.24. The van der Waals surface area contributed by atoms with Crippen LogP contribution >= 0.6 is 0 Å². The predicted molar refractivity (Wildman–Crippen MR) is 81.9 cm³/mol. The van der Waals surface area contributed by atoms with E-state index in [0.29, 0.717) is 5.54 Å². The van der Waals surface area contributed by atoms with Gasteiger partial charge in [0, 0.05) is 32.7 Å². The quantitative estimate of drug-likeness (QED) is 0.705. The van der Waals surface area contributed by atoms with Crippen LogP contribution in [0.15, 0.2) is 0 Å². The van der Waals surface area contributed by atoms with Crippen molar-refractivity contribution in [3.8, 4) is 0 Å². The molecule has 3 N–H and O–H groups in total. The lowest BCUT2D eigenvalue weighted by atomic mass is 9.82. The molecule has 0 saturated carbocycles. The summed E-state index contributed by atoms with van der Waals surface area (Å²) in [6.07, 6.45) is 11.0. The first kappa shape index (κ1) is 15.8. The summed E-state index contributed by atoms with van der Waals surface area (Å²) < 4.78 is 0. The maximum Gasteiger partial charge on any atom is 0.216 e. The van der Waals surface area contributed by atoms with Crippen LogP contribution in [0.5, 0.6) is 0 Å². The Bertz CT molecular complexity index is 288. The minimum Gasteiger partial charge on any atom is -0.356 e. The Labute approximate surface area is 123 Å². The van der Waals surface area contributed by atoms with E-state index in [1.807, 2.05) is 0 Å². The molecule has 0 radical (unpaired) electrons. The maximum absolute atomic E-state index is 10.7. The second-order valence-electron chi connectivity index (χ2n) is 6.63. The van der Waals surface area contributed by atoms with Gasteiger partial charge < -0.3 is 15.5 Å². The van der Waals surface area contributed by atoms with Crippen molar-refractivity contribution >= 4 is 5.91 Å². The summed E-state index contributed by atoms with van der Waals surface area (Å²) in [5.41, 5.74) is 0.572. The van der Waals surface area contributed by atoms with Gasteiger partial charge in [-0.3, -0.25) is 4.79 Å². The lowest BCUT2D eigenvalue weighted by molar-refractivity contribution is -0.983. The third kappa shape index (κ3) is 4.45. The number of hydrogen-bond acceptors (Lipinski definition) is 2. The van der Waals surface area contributed by atoms with Gasteiger partial charge in [0.2, 0.25) is 5.91 Å². The van der Waals surface area contributed by atoms with Gasteiger partial charge in [-0.2, -0.15) is 0 Å². The number of amides is 1. The Kier molecular flexibility index (Phi) is 6.30. The number of quaternary nitrogens is 1. The molecule has 1 amide bonds. The Hall–Kier alpha value is -0.610. The summed E-state index contributed by atoms with van der Waals surface area (Å²) in [5, 5.41) is 6.25. The van der Waals surface area contributed by atoms with Gasteiger partial charge in [0.15, 0.2) is 0 Å². The van der Waals surface area contributed by atoms with E-state index in [9.17, 15) is 4.79 Å². The Balaban J connectivity index is 0.000000178. The van der Waals surface area contributed by atoms with Gasteiger partial charge >= 0.3 is 0 Å². The summed E-state index contributed by atoms with van der Waals surface area (Å²) in [4.78, 5) is 12.5. The predicted octanol–water partition coefficient (Wildman–Crippen LogP) is 0.484. The molecular weight excluding hydrogens is 250 g/mol. The second kappa shape index (κ2) is 7.99. The van der Waals surface area contributed by atoms with Gasteiger partial charge in [-0.05, 0) is 25.9 Å². The number of carbonyl (C=O) groups excluding carboxylic acids is 1. The number of nitrogens with one attached hydrogen (secondary N) is 3. The van der Waals surface area contributed by atoms with E-state index in [1.165, 1.54) is 77.5 Å². The van der Waals surface area contributed by atoms with Crippen LogP contribution in [0.2, 0.25) is 0 Å². The van der Waals surface area contributed by atoms with E-state index in [-0.39, 0.29) is 5.91 Å². The minimum absolute atomic E-state index is 0.107. The van der Waals surface area contributed by atoms with E-state index in [0.717, 1.165) is 6.54 Å². The zero-order valence-corrected chi connectivity index (χ0v) is 13.1. The highest BCUT2D eigenvalue weighted by Gasteiger charge is 2.51. The molecule has 20 heavy (non-hydrogen) atoms. The molecular formula is C16H32N3O+. The van der Waals surface area contributed by atoms with Gasteiger partial charge in [-0.1, -0.05) is 12.8 Å². The number of rotatable bonds is 3. The van der Waals surface area contributed by atoms with Crippen LogP contribution < -0.4 is 15.5 Å². The fraction of sp³-hybridized carbons (Fsp3) is 0.938. The minimum atomic E-state index is 0.107. The van der Waals surface area contributed by atoms with Crippen molar-refractivity contribution in [1.29, 1.82) is 0 Å². The molecule has 3 rings (SSSR count). The Morgan fingerprint density at radius 1 is 1.10 bits per heavy atom. The average molecular weight is 282 g/mol. The normalized spacial score (nSPS) is 32.1. The fourth-order valence-electron chi connectivity index (χ4n) is 3.87. The molecule has 0 aromatic carbocycles. The molecule has 0 spiro atoms. The van der Waals surface area contributed by atoms with Crippen LogP contribution in [0.3, 0.4) is 0 Å². The number of hydrogen-bond donors (Lipinski definition) is 3. The molecule has 3 aliphatic rings. The highest BCUT2D eigenvalue weighted by Crippen LogP contribution is 2.27. The molecule has 4 nitrogen and oxygen atoms in total. The lowest BCUT2D eigenvalue weighted by Gasteiger charge is -2.44. The van der Waals surface area contributed by atoms with E-state index in [2.05, 4.69) is 10.6 Å². The van der Waals surface area contributed by atoms with Gasteiger partial charge in [0.1, 0.15) is 5.54 Å². The molecule has 116 valence electrons. The summed E-state index contributed by atoms with van der Waals surface area (Å²) in [5.74, 6) is 0.107. The van der Waals surface area contributed by atoms with Crippen molar-refractivity contribution in [3.05, 3.63) is 0 Å². The molecule has 2 unspecified atom stereocenters. The van der Waals surface area contributed by atoms with Crippen molar-refractivity contribution in [2.24, 2.45) is 0 Å².